The van der Waals surface area contributed by atoms with Crippen LogP contribution in [0.3, 0.4) is 0 Å². The highest BCUT2D eigenvalue weighted by Crippen LogP contribution is 2.65. The number of hydrogen-bond donors (Lipinski definition) is 0. The Bertz CT molecular complexity index is 696. The summed E-state index contributed by atoms with van der Waals surface area (Å²) < 4.78 is 15.9. The normalized spacial score (nSPS) is 31.1. The van der Waals surface area contributed by atoms with Crippen molar-refractivity contribution in [2.24, 2.45) is 5.41 Å². The Hall–Kier alpha value is -2.37. The minimum Gasteiger partial charge on any atom is -0.465 e. The third kappa shape index (κ3) is 2.04. The van der Waals surface area contributed by atoms with Gasteiger partial charge in [-0.1, -0.05) is 18.2 Å². The molecule has 1 saturated carbocycles. The van der Waals surface area contributed by atoms with Gasteiger partial charge in [-0.3, -0.25) is 14.4 Å². The van der Waals surface area contributed by atoms with Crippen molar-refractivity contribution in [1.29, 1.82) is 0 Å². The summed E-state index contributed by atoms with van der Waals surface area (Å²) in [6.07, 6.45) is 0.0518. The molecule has 0 aromatic heterocycles. The highest BCUT2D eigenvalue weighted by Gasteiger charge is 2.75. The zero-order valence-corrected chi connectivity index (χ0v) is 13.3. The van der Waals surface area contributed by atoms with Crippen molar-refractivity contribution in [3.8, 4) is 5.75 Å². The monoisotopic (exact) mass is 318 g/mol. The number of benzene rings is 1. The van der Waals surface area contributed by atoms with Crippen molar-refractivity contribution in [3.63, 3.8) is 0 Å². The molecule has 0 bridgehead atoms. The number of esters is 3. The standard InChI is InChI=1S/C17H18O6/c1-4-21-14(19)17-9-16(3,23-10(2)18)13(17)11-7-5-6-8-12(11)22-15(17)20/h5-8,13H,4,9H2,1-3H3/t13-,16-,17+/m0/s1. The SMILES string of the molecule is CCOC(=O)[C@@]12C[C@](C)(OC(C)=O)[C@@H]1c1ccccc1OC2=O. The number of carbonyl (C=O) groups is 3. The maximum Gasteiger partial charge on any atom is 0.329 e. The van der Waals surface area contributed by atoms with E-state index in [2.05, 4.69) is 0 Å². The number of fused-ring (bicyclic) bond motifs is 3. The van der Waals surface area contributed by atoms with E-state index in [1.165, 1.54) is 6.92 Å². The second kappa shape index (κ2) is 5.08. The molecule has 1 aliphatic carbocycles. The van der Waals surface area contributed by atoms with E-state index in [1.807, 2.05) is 0 Å². The zero-order valence-electron chi connectivity index (χ0n) is 13.3. The molecular weight excluding hydrogens is 300 g/mol. The van der Waals surface area contributed by atoms with E-state index in [0.29, 0.717) is 11.3 Å². The van der Waals surface area contributed by atoms with E-state index in [-0.39, 0.29) is 13.0 Å². The highest BCUT2D eigenvalue weighted by atomic mass is 16.6. The van der Waals surface area contributed by atoms with Crippen LogP contribution < -0.4 is 4.74 Å². The summed E-state index contributed by atoms with van der Waals surface area (Å²) >= 11 is 0. The quantitative estimate of drug-likeness (QED) is 0.481. The number of para-hydroxylation sites is 1. The number of rotatable bonds is 3. The van der Waals surface area contributed by atoms with Gasteiger partial charge in [0.1, 0.15) is 11.4 Å². The largest absolute Gasteiger partial charge is 0.465 e. The van der Waals surface area contributed by atoms with Crippen LogP contribution in [0.4, 0.5) is 0 Å². The first kappa shape index (κ1) is 15.5. The molecule has 0 spiro atoms. The Balaban J connectivity index is 2.12. The molecule has 1 aliphatic heterocycles. The van der Waals surface area contributed by atoms with E-state index in [9.17, 15) is 14.4 Å². The molecule has 23 heavy (non-hydrogen) atoms. The van der Waals surface area contributed by atoms with Gasteiger partial charge in [0, 0.05) is 18.9 Å². The summed E-state index contributed by atoms with van der Waals surface area (Å²) in [7, 11) is 0. The zero-order chi connectivity index (χ0) is 16.8. The Morgan fingerprint density at radius 2 is 2.04 bits per heavy atom. The van der Waals surface area contributed by atoms with Crippen molar-refractivity contribution < 1.29 is 28.6 Å². The topological polar surface area (TPSA) is 78.9 Å². The van der Waals surface area contributed by atoms with Crippen LogP contribution in [0.2, 0.25) is 0 Å². The van der Waals surface area contributed by atoms with Crippen molar-refractivity contribution in [1.82, 2.24) is 0 Å². The van der Waals surface area contributed by atoms with Gasteiger partial charge < -0.3 is 14.2 Å². The molecule has 0 amide bonds. The molecule has 122 valence electrons. The fourth-order valence-corrected chi connectivity index (χ4v) is 3.89. The summed E-state index contributed by atoms with van der Waals surface area (Å²) in [5.74, 6) is -1.96. The van der Waals surface area contributed by atoms with Gasteiger partial charge in [-0.25, -0.2) is 0 Å². The van der Waals surface area contributed by atoms with Crippen LogP contribution in [0, 0.1) is 5.41 Å². The molecule has 1 fully saturated rings. The average molecular weight is 318 g/mol. The second-order valence-corrected chi connectivity index (χ2v) is 6.14. The molecular formula is C17H18O6. The van der Waals surface area contributed by atoms with E-state index in [0.717, 1.165) is 0 Å². The first-order valence-electron chi connectivity index (χ1n) is 7.53. The smallest absolute Gasteiger partial charge is 0.329 e. The fourth-order valence-electron chi connectivity index (χ4n) is 3.89. The van der Waals surface area contributed by atoms with Crippen LogP contribution in [0.25, 0.3) is 0 Å². The van der Waals surface area contributed by atoms with Crippen molar-refractivity contribution in [3.05, 3.63) is 29.8 Å². The highest BCUT2D eigenvalue weighted by molar-refractivity contribution is 6.05. The molecule has 0 radical (unpaired) electrons. The summed E-state index contributed by atoms with van der Waals surface area (Å²) in [4.78, 5) is 36.5. The van der Waals surface area contributed by atoms with E-state index < -0.39 is 34.8 Å². The lowest BCUT2D eigenvalue weighted by molar-refractivity contribution is -0.219. The van der Waals surface area contributed by atoms with Crippen LogP contribution in [-0.4, -0.2) is 30.1 Å². The third-order valence-electron chi connectivity index (χ3n) is 4.55. The van der Waals surface area contributed by atoms with Crippen molar-refractivity contribution >= 4 is 17.9 Å². The fraction of sp³-hybridized carbons (Fsp3) is 0.471. The van der Waals surface area contributed by atoms with Gasteiger partial charge >= 0.3 is 17.9 Å². The molecule has 1 aromatic carbocycles. The van der Waals surface area contributed by atoms with E-state index in [4.69, 9.17) is 14.2 Å². The molecule has 6 heteroatoms. The van der Waals surface area contributed by atoms with Gasteiger partial charge in [-0.2, -0.15) is 0 Å². The lowest BCUT2D eigenvalue weighted by Gasteiger charge is -2.58. The van der Waals surface area contributed by atoms with Crippen LogP contribution in [0.1, 0.15) is 38.7 Å². The van der Waals surface area contributed by atoms with Gasteiger partial charge in [0.2, 0.25) is 0 Å². The Morgan fingerprint density at radius 3 is 2.70 bits per heavy atom. The summed E-state index contributed by atoms with van der Waals surface area (Å²) in [6, 6.07) is 6.97. The molecule has 0 N–H and O–H groups in total. The van der Waals surface area contributed by atoms with Gasteiger partial charge in [-0.05, 0) is 19.9 Å². The molecule has 0 saturated heterocycles. The first-order chi connectivity index (χ1) is 10.8. The number of hydrogen-bond acceptors (Lipinski definition) is 6. The number of ether oxygens (including phenoxy) is 3. The molecule has 6 nitrogen and oxygen atoms in total. The summed E-state index contributed by atoms with van der Waals surface area (Å²) in [5, 5.41) is 0. The molecule has 1 aromatic rings. The maximum absolute atomic E-state index is 12.6. The minimum atomic E-state index is -1.45. The lowest BCUT2D eigenvalue weighted by atomic mass is 9.48. The van der Waals surface area contributed by atoms with E-state index >= 15 is 0 Å². The number of carbonyl (C=O) groups excluding carboxylic acids is 3. The molecule has 3 atom stereocenters. The Kier molecular flexibility index (Phi) is 3.43. The first-order valence-corrected chi connectivity index (χ1v) is 7.53. The summed E-state index contributed by atoms with van der Waals surface area (Å²) in [6.45, 7) is 4.87. The Labute approximate surface area is 133 Å². The van der Waals surface area contributed by atoms with Crippen molar-refractivity contribution in [2.75, 3.05) is 6.61 Å². The summed E-state index contributed by atoms with van der Waals surface area (Å²) in [5.41, 5.74) is -1.72. The molecule has 3 rings (SSSR count). The van der Waals surface area contributed by atoms with Gasteiger partial charge in [-0.15, -0.1) is 0 Å². The van der Waals surface area contributed by atoms with Crippen LogP contribution in [0.5, 0.6) is 5.75 Å². The minimum absolute atomic E-state index is 0.0518. The Morgan fingerprint density at radius 1 is 1.35 bits per heavy atom. The predicted octanol–water partition coefficient (Wildman–Crippen LogP) is 1.96. The van der Waals surface area contributed by atoms with Gasteiger partial charge in [0.15, 0.2) is 5.41 Å². The van der Waals surface area contributed by atoms with Crippen LogP contribution >= 0.6 is 0 Å². The second-order valence-electron chi connectivity index (χ2n) is 6.14. The van der Waals surface area contributed by atoms with Crippen molar-refractivity contribution in [2.45, 2.75) is 38.7 Å². The van der Waals surface area contributed by atoms with E-state index in [1.54, 1.807) is 38.1 Å². The van der Waals surface area contributed by atoms with Crippen LogP contribution in [0.15, 0.2) is 24.3 Å². The molecule has 0 unspecified atom stereocenters. The van der Waals surface area contributed by atoms with Gasteiger partial charge in [0.25, 0.3) is 0 Å². The lowest BCUT2D eigenvalue weighted by Crippen LogP contribution is -2.69. The molecule has 2 aliphatic rings. The van der Waals surface area contributed by atoms with Gasteiger partial charge in [0.05, 0.1) is 12.5 Å². The molecule has 1 heterocycles. The maximum atomic E-state index is 12.6. The average Bonchev–Trinajstić information content (AvgIpc) is 2.45. The third-order valence-corrected chi connectivity index (χ3v) is 4.55. The predicted molar refractivity (Wildman–Crippen MR) is 78.7 cm³/mol. The van der Waals surface area contributed by atoms with Crippen LogP contribution in [-0.2, 0) is 23.9 Å².